The van der Waals surface area contributed by atoms with Gasteiger partial charge in [0, 0.05) is 0 Å². The van der Waals surface area contributed by atoms with Gasteiger partial charge in [-0.25, -0.2) is 0 Å². The van der Waals surface area contributed by atoms with Gasteiger partial charge in [-0.1, -0.05) is 32.8 Å². The van der Waals surface area contributed by atoms with Crippen LogP contribution < -0.4 is 0 Å². The Morgan fingerprint density at radius 1 is 1.45 bits per heavy atom. The fourth-order valence-corrected chi connectivity index (χ4v) is 1.14. The molecule has 0 saturated heterocycles. The van der Waals surface area contributed by atoms with E-state index < -0.39 is 11.1 Å². The van der Waals surface area contributed by atoms with Crippen molar-refractivity contribution in [3.05, 3.63) is 11.5 Å². The molecule has 1 unspecified atom stereocenters. The van der Waals surface area contributed by atoms with Crippen LogP contribution >= 0.6 is 0 Å². The maximum absolute atomic E-state index is 10.3. The van der Waals surface area contributed by atoms with E-state index in [9.17, 15) is 8.76 Å². The first-order valence-corrected chi connectivity index (χ1v) is 5.03. The Morgan fingerprint density at radius 3 is 2.55 bits per heavy atom. The summed E-state index contributed by atoms with van der Waals surface area (Å²) in [4.78, 5) is 0.334. The molecule has 1 atom stereocenters. The molecule has 0 spiro atoms. The first-order chi connectivity index (χ1) is 5.18. The Balaban J connectivity index is 3.25. The highest BCUT2D eigenvalue weighted by molar-refractivity contribution is 7.83. The molecule has 2 nitrogen and oxygen atoms in total. The molecule has 0 aliphatic carbocycles. The molecule has 0 heterocycles. The molecule has 0 amide bonds. The maximum atomic E-state index is 10.3. The smallest absolute Gasteiger partial charge is 0.00478 e. The average molecular weight is 175 g/mol. The van der Waals surface area contributed by atoms with Gasteiger partial charge in [0.05, 0.1) is 0 Å². The van der Waals surface area contributed by atoms with Crippen molar-refractivity contribution >= 4 is 11.1 Å². The molecule has 0 rings (SSSR count). The highest BCUT2D eigenvalue weighted by Crippen LogP contribution is 2.09. The second-order valence-electron chi connectivity index (χ2n) is 2.58. The van der Waals surface area contributed by atoms with E-state index in [1.165, 1.54) is 12.8 Å². The molecule has 3 heteroatoms. The normalized spacial score (nSPS) is 12.9. The van der Waals surface area contributed by atoms with Gasteiger partial charge in [0.1, 0.15) is 0 Å². The SMILES string of the molecule is C=C(CCCCCC)S(=O)[O-]. The Kier molecular flexibility index (Phi) is 6.46. The van der Waals surface area contributed by atoms with E-state index in [-0.39, 0.29) is 0 Å². The number of rotatable bonds is 6. The highest BCUT2D eigenvalue weighted by atomic mass is 32.2. The molecule has 66 valence electrons. The molecule has 0 saturated carbocycles. The van der Waals surface area contributed by atoms with Crippen molar-refractivity contribution in [1.82, 2.24) is 0 Å². The monoisotopic (exact) mass is 175 g/mol. The van der Waals surface area contributed by atoms with E-state index in [1.54, 1.807) is 0 Å². The molecule has 0 N–H and O–H groups in total. The van der Waals surface area contributed by atoms with E-state index in [0.717, 1.165) is 12.8 Å². The number of hydrogen-bond donors (Lipinski definition) is 0. The van der Waals surface area contributed by atoms with Crippen LogP contribution in [0.1, 0.15) is 39.0 Å². The average Bonchev–Trinajstić information content (AvgIpc) is 1.97. The third-order valence-electron chi connectivity index (χ3n) is 1.54. The van der Waals surface area contributed by atoms with Gasteiger partial charge in [-0.15, -0.1) is 0 Å². The summed E-state index contributed by atoms with van der Waals surface area (Å²) in [5.41, 5.74) is 0. The van der Waals surface area contributed by atoms with Gasteiger partial charge in [0.15, 0.2) is 0 Å². The fourth-order valence-electron chi connectivity index (χ4n) is 0.832. The van der Waals surface area contributed by atoms with Gasteiger partial charge in [0.25, 0.3) is 0 Å². The van der Waals surface area contributed by atoms with Gasteiger partial charge >= 0.3 is 0 Å². The minimum Gasteiger partial charge on any atom is -0.769 e. The van der Waals surface area contributed by atoms with Crippen molar-refractivity contribution in [2.75, 3.05) is 0 Å². The molecule has 0 aliphatic heterocycles. The summed E-state index contributed by atoms with van der Waals surface area (Å²) in [7, 11) is 0. The second kappa shape index (κ2) is 6.55. The minimum atomic E-state index is -2.06. The first kappa shape index (κ1) is 10.8. The summed E-state index contributed by atoms with van der Waals surface area (Å²) < 4.78 is 20.5. The van der Waals surface area contributed by atoms with E-state index in [2.05, 4.69) is 13.5 Å². The van der Waals surface area contributed by atoms with E-state index in [0.29, 0.717) is 11.3 Å². The van der Waals surface area contributed by atoms with Crippen molar-refractivity contribution in [3.8, 4) is 0 Å². The zero-order valence-corrected chi connectivity index (χ0v) is 7.78. The Morgan fingerprint density at radius 2 is 2.09 bits per heavy atom. The quantitative estimate of drug-likeness (QED) is 0.459. The zero-order valence-electron chi connectivity index (χ0n) is 6.97. The summed E-state index contributed by atoms with van der Waals surface area (Å²) in [6.07, 6.45) is 5.02. The molecule has 0 fully saturated rings. The topological polar surface area (TPSA) is 40.1 Å². The van der Waals surface area contributed by atoms with Gasteiger partial charge < -0.3 is 4.55 Å². The third-order valence-corrected chi connectivity index (χ3v) is 2.22. The lowest BCUT2D eigenvalue weighted by Gasteiger charge is -2.07. The van der Waals surface area contributed by atoms with Gasteiger partial charge in [-0.3, -0.25) is 4.21 Å². The molecule has 0 bridgehead atoms. The van der Waals surface area contributed by atoms with E-state index in [1.807, 2.05) is 0 Å². The highest BCUT2D eigenvalue weighted by Gasteiger charge is 1.93. The molecular formula is C8H15O2S-. The third kappa shape index (κ3) is 6.26. The molecule has 11 heavy (non-hydrogen) atoms. The number of allylic oxidation sites excluding steroid dienone is 1. The fraction of sp³-hybridized carbons (Fsp3) is 0.750. The molecule has 0 aromatic heterocycles. The first-order valence-electron chi connectivity index (χ1n) is 3.95. The van der Waals surface area contributed by atoms with Gasteiger partial charge in [0.2, 0.25) is 0 Å². The van der Waals surface area contributed by atoms with Gasteiger partial charge in [-0.05, 0) is 28.8 Å². The van der Waals surface area contributed by atoms with Crippen LogP contribution in [-0.2, 0) is 11.1 Å². The molecular weight excluding hydrogens is 160 g/mol. The summed E-state index contributed by atoms with van der Waals surface area (Å²) in [5.74, 6) is 0. The van der Waals surface area contributed by atoms with E-state index in [4.69, 9.17) is 0 Å². The van der Waals surface area contributed by atoms with Crippen LogP contribution in [0.15, 0.2) is 11.5 Å². The summed E-state index contributed by atoms with van der Waals surface area (Å²) in [5, 5.41) is 0. The van der Waals surface area contributed by atoms with Crippen molar-refractivity contribution in [3.63, 3.8) is 0 Å². The Hall–Kier alpha value is -0.150. The predicted octanol–water partition coefficient (Wildman–Crippen LogP) is 2.35. The molecule has 0 aliphatic rings. The van der Waals surface area contributed by atoms with Crippen LogP contribution in [-0.4, -0.2) is 8.76 Å². The summed E-state index contributed by atoms with van der Waals surface area (Å²) >= 11 is -2.06. The largest absolute Gasteiger partial charge is 0.769 e. The maximum Gasteiger partial charge on any atom is -0.00478 e. The van der Waals surface area contributed by atoms with Crippen LogP contribution in [0.3, 0.4) is 0 Å². The van der Waals surface area contributed by atoms with Crippen LogP contribution in [0.2, 0.25) is 0 Å². The van der Waals surface area contributed by atoms with Crippen LogP contribution in [0.5, 0.6) is 0 Å². The predicted molar refractivity (Wildman–Crippen MR) is 46.8 cm³/mol. The lowest BCUT2D eigenvalue weighted by molar-refractivity contribution is 0.540. The van der Waals surface area contributed by atoms with Crippen LogP contribution in [0.4, 0.5) is 0 Å². The van der Waals surface area contributed by atoms with Crippen LogP contribution in [0.25, 0.3) is 0 Å². The zero-order chi connectivity index (χ0) is 8.69. The molecule has 0 aromatic rings. The van der Waals surface area contributed by atoms with Crippen molar-refractivity contribution < 1.29 is 8.76 Å². The number of unbranched alkanes of at least 4 members (excludes halogenated alkanes) is 3. The minimum absolute atomic E-state index is 0.334. The molecule has 0 radical (unpaired) electrons. The number of hydrogen-bond acceptors (Lipinski definition) is 2. The Labute approximate surface area is 71.0 Å². The molecule has 0 aromatic carbocycles. The van der Waals surface area contributed by atoms with Crippen molar-refractivity contribution in [2.45, 2.75) is 39.0 Å². The lowest BCUT2D eigenvalue weighted by atomic mass is 10.1. The van der Waals surface area contributed by atoms with Gasteiger partial charge in [-0.2, -0.15) is 0 Å². The second-order valence-corrected chi connectivity index (χ2v) is 3.63. The van der Waals surface area contributed by atoms with Crippen LogP contribution in [0, 0.1) is 0 Å². The standard InChI is InChI=1S/C8H16O2S/c1-3-4-5-6-7-8(2)11(9)10/h2-7H2,1H3,(H,9,10)/p-1. The summed E-state index contributed by atoms with van der Waals surface area (Å²) in [6, 6.07) is 0. The van der Waals surface area contributed by atoms with E-state index >= 15 is 0 Å². The van der Waals surface area contributed by atoms with Crippen molar-refractivity contribution in [1.29, 1.82) is 0 Å². The summed E-state index contributed by atoms with van der Waals surface area (Å²) in [6.45, 7) is 5.56. The lowest BCUT2D eigenvalue weighted by Crippen LogP contribution is -1.91. The van der Waals surface area contributed by atoms with Crippen molar-refractivity contribution in [2.24, 2.45) is 0 Å². The Bertz CT molecular complexity index is 143.